The average molecular weight is 887 g/mol. The van der Waals surface area contributed by atoms with Gasteiger partial charge in [-0.15, -0.1) is 23.0 Å². The molecule has 4 rings (SSSR count). The maximum atomic E-state index is 12.2. The third-order valence-corrected chi connectivity index (χ3v) is 5.02. The Morgan fingerprint density at radius 3 is 0.885 bits per heavy atom. The molecule has 0 aromatic carbocycles. The van der Waals surface area contributed by atoms with Gasteiger partial charge in [0.25, 0.3) is 11.1 Å². The van der Waals surface area contributed by atoms with E-state index in [-0.39, 0.29) is 107 Å². The molecule has 0 amide bonds. The summed E-state index contributed by atoms with van der Waals surface area (Å²) in [5.74, 6) is -1.50. The molecule has 52 heavy (non-hydrogen) atoms. The molecule has 0 aliphatic carbocycles. The second-order valence-corrected chi connectivity index (χ2v) is 10.2. The molecular formula is C36H36N4O10Ru2. The van der Waals surface area contributed by atoms with E-state index in [0.29, 0.717) is 11.4 Å². The SMILES string of the molecule is CC(=O)/C=C(/C)[O-].CC(=O)/C=C(/C)[O-].CC(=O)/C=C(/C)[O-].CC(=O)/C=C(/C)[O-].O=c1nc(-c2ccccn2)c2c(=O)nc(-c3ccccn3)c1=2.[Ru+2].[Ru+2]. The van der Waals surface area contributed by atoms with Gasteiger partial charge >= 0.3 is 39.0 Å². The van der Waals surface area contributed by atoms with Gasteiger partial charge in [0.05, 0.1) is 21.8 Å². The fraction of sp³-hybridized carbons (Fsp3) is 0.222. The van der Waals surface area contributed by atoms with Crippen LogP contribution >= 0.6 is 0 Å². The molecule has 0 radical (unpaired) electrons. The van der Waals surface area contributed by atoms with Crippen molar-refractivity contribution in [1.82, 2.24) is 19.9 Å². The van der Waals surface area contributed by atoms with Crippen molar-refractivity contribution in [1.29, 1.82) is 0 Å². The number of rotatable bonds is 6. The number of hydrogen-bond acceptors (Lipinski definition) is 14. The predicted molar refractivity (Wildman–Crippen MR) is 176 cm³/mol. The first-order valence-electron chi connectivity index (χ1n) is 14.5. The van der Waals surface area contributed by atoms with Crippen molar-refractivity contribution in [2.24, 2.45) is 0 Å². The molecule has 2 aliphatic heterocycles. The van der Waals surface area contributed by atoms with Crippen LogP contribution in [-0.4, -0.2) is 43.1 Å². The van der Waals surface area contributed by atoms with Crippen molar-refractivity contribution in [3.8, 4) is 22.8 Å². The summed E-state index contributed by atoms with van der Waals surface area (Å²) in [7, 11) is 0. The van der Waals surface area contributed by atoms with Crippen molar-refractivity contribution in [3.63, 3.8) is 0 Å². The zero-order valence-corrected chi connectivity index (χ0v) is 33.0. The number of carbonyl (C=O) groups is 4. The van der Waals surface area contributed by atoms with Gasteiger partial charge in [0, 0.05) is 12.4 Å². The van der Waals surface area contributed by atoms with Crippen LogP contribution in [0.25, 0.3) is 22.8 Å². The van der Waals surface area contributed by atoms with Crippen molar-refractivity contribution in [2.45, 2.75) is 55.4 Å². The Bertz CT molecular complexity index is 1820. The van der Waals surface area contributed by atoms with Crippen LogP contribution < -0.4 is 31.5 Å². The number of carbonyl (C=O) groups excluding carboxylic acids is 4. The largest absolute Gasteiger partial charge is 2.00 e. The predicted octanol–water partition coefficient (Wildman–Crippen LogP) is 0.274. The fourth-order valence-electron chi connectivity index (χ4n) is 3.60. The van der Waals surface area contributed by atoms with Crippen LogP contribution in [0.4, 0.5) is 0 Å². The smallest absolute Gasteiger partial charge is 0.876 e. The van der Waals surface area contributed by atoms with Crippen molar-refractivity contribution < 1.29 is 78.6 Å². The van der Waals surface area contributed by atoms with Crippen LogP contribution in [0.3, 0.4) is 0 Å². The topological polar surface area (TPSA) is 246 Å². The number of allylic oxidation sites excluding steroid dienone is 8. The Morgan fingerprint density at radius 2 is 0.731 bits per heavy atom. The molecular weight excluding hydrogens is 851 g/mol. The molecule has 16 heteroatoms. The van der Waals surface area contributed by atoms with E-state index in [1.807, 2.05) is 0 Å². The van der Waals surface area contributed by atoms with Crippen molar-refractivity contribution >= 4 is 23.1 Å². The fourth-order valence-corrected chi connectivity index (χ4v) is 3.60. The van der Waals surface area contributed by atoms with Crippen LogP contribution in [0.1, 0.15) is 55.4 Å². The molecule has 0 N–H and O–H groups in total. The average Bonchev–Trinajstić information content (AvgIpc) is 3.50. The van der Waals surface area contributed by atoms with Gasteiger partial charge < -0.3 is 20.4 Å². The third kappa shape index (κ3) is 21.8. The molecule has 2 aromatic heterocycles. The molecule has 14 nitrogen and oxygen atoms in total. The molecule has 0 bridgehead atoms. The summed E-state index contributed by atoms with van der Waals surface area (Å²) in [6.07, 6.45) is 7.39. The minimum Gasteiger partial charge on any atom is -0.876 e. The molecule has 0 saturated carbocycles. The maximum Gasteiger partial charge on any atom is 2.00 e. The summed E-state index contributed by atoms with van der Waals surface area (Å²) < 4.78 is 0. The number of nitrogens with zero attached hydrogens (tertiary/aromatic N) is 4. The summed E-state index contributed by atoms with van der Waals surface area (Å²) in [6, 6.07) is 10.5. The van der Waals surface area contributed by atoms with E-state index in [1.54, 1.807) is 48.8 Å². The Balaban J connectivity index is -0.000000670. The van der Waals surface area contributed by atoms with Crippen LogP contribution in [-0.2, 0) is 58.1 Å². The van der Waals surface area contributed by atoms with Crippen molar-refractivity contribution in [2.75, 3.05) is 0 Å². The first kappa shape index (κ1) is 51.2. The van der Waals surface area contributed by atoms with E-state index in [2.05, 4.69) is 19.9 Å². The van der Waals surface area contributed by atoms with Gasteiger partial charge in [-0.1, -0.05) is 39.8 Å². The van der Waals surface area contributed by atoms with E-state index < -0.39 is 11.1 Å². The second kappa shape index (κ2) is 26.6. The maximum absolute atomic E-state index is 12.2. The zero-order chi connectivity index (χ0) is 38.6. The third-order valence-electron chi connectivity index (χ3n) is 5.02. The molecule has 2 aliphatic rings. The van der Waals surface area contributed by atoms with E-state index in [9.17, 15) is 49.2 Å². The van der Waals surface area contributed by atoms with E-state index in [1.165, 1.54) is 55.4 Å². The van der Waals surface area contributed by atoms with Gasteiger partial charge in [-0.25, -0.2) is 9.97 Å². The normalized spacial score (nSPS) is 10.8. The molecule has 0 spiro atoms. The quantitative estimate of drug-likeness (QED) is 0.143. The summed E-state index contributed by atoms with van der Waals surface area (Å²) >= 11 is 0. The number of pyridine rings is 2. The summed E-state index contributed by atoms with van der Waals surface area (Å²) in [5.41, 5.74) is 0.552. The molecule has 2 aromatic rings. The minimum atomic E-state index is -0.481. The first-order chi connectivity index (χ1) is 23.3. The van der Waals surface area contributed by atoms with Gasteiger partial charge in [-0.05, 0) is 76.3 Å². The first-order valence-corrected chi connectivity index (χ1v) is 14.5. The Kier molecular flexibility index (Phi) is 26.2. The summed E-state index contributed by atoms with van der Waals surface area (Å²) in [6.45, 7) is 10.8. The van der Waals surface area contributed by atoms with Gasteiger partial charge in [0.2, 0.25) is 0 Å². The minimum absolute atomic E-state index is 0. The van der Waals surface area contributed by atoms with Crippen LogP contribution in [0.15, 0.2) is 106 Å². The summed E-state index contributed by atoms with van der Waals surface area (Å²) in [5, 5.41) is 40.3. The monoisotopic (exact) mass is 888 g/mol. The molecule has 0 unspecified atom stereocenters. The van der Waals surface area contributed by atoms with E-state index in [0.717, 1.165) is 24.3 Å². The molecule has 0 fully saturated rings. The van der Waals surface area contributed by atoms with Crippen molar-refractivity contribution in [3.05, 3.63) is 127 Å². The number of ketones is 4. The van der Waals surface area contributed by atoms with Gasteiger partial charge in [-0.2, -0.15) is 0 Å². The molecule has 0 atom stereocenters. The Hall–Kier alpha value is -5.19. The summed E-state index contributed by atoms with van der Waals surface area (Å²) in [4.78, 5) is 80.6. The van der Waals surface area contributed by atoms with Gasteiger partial charge in [-0.3, -0.25) is 38.7 Å². The molecule has 4 heterocycles. The van der Waals surface area contributed by atoms with Gasteiger partial charge in [0.1, 0.15) is 11.4 Å². The van der Waals surface area contributed by atoms with Crippen LogP contribution in [0.2, 0.25) is 0 Å². The Labute approximate surface area is 325 Å². The molecule has 276 valence electrons. The number of aromatic nitrogens is 4. The standard InChI is InChI=1S/C16H8N4O2.4C5H8O2.2Ru/c21-15-11-12(14(20-15)10-6-2-4-8-18-10)16(22)19-13(11)9-5-1-3-7-17-9;4*1-4(6)3-5(2)7;;/h1-8H;4*3,6H,1-2H3;;/q;;;;;2*+2/p-4/b;4*4-3-;;. The molecule has 0 saturated heterocycles. The van der Waals surface area contributed by atoms with E-state index >= 15 is 0 Å². The van der Waals surface area contributed by atoms with Gasteiger partial charge in [0.15, 0.2) is 23.1 Å². The zero-order valence-electron chi connectivity index (χ0n) is 29.5. The second-order valence-electron chi connectivity index (χ2n) is 10.2. The van der Waals surface area contributed by atoms with E-state index in [4.69, 9.17) is 0 Å². The number of hydrogen-bond donors (Lipinski definition) is 0. The van der Waals surface area contributed by atoms with Crippen LogP contribution in [0, 0.1) is 10.4 Å². The Morgan fingerprint density at radius 1 is 0.481 bits per heavy atom. The van der Waals surface area contributed by atoms with Crippen LogP contribution in [0.5, 0.6) is 0 Å².